The topological polar surface area (TPSA) is 68.9 Å². The maximum absolute atomic E-state index is 6.06. The van der Waals surface area contributed by atoms with Crippen molar-refractivity contribution in [3.63, 3.8) is 0 Å². The summed E-state index contributed by atoms with van der Waals surface area (Å²) in [6.07, 6.45) is 8.42. The molecule has 3 aromatic heterocycles. The summed E-state index contributed by atoms with van der Waals surface area (Å²) in [7, 11) is 0. The van der Waals surface area contributed by atoms with Gasteiger partial charge >= 0.3 is 0 Å². The van der Waals surface area contributed by atoms with Crippen LogP contribution in [0.5, 0.6) is 0 Å². The Balaban J connectivity index is 1.49. The van der Waals surface area contributed by atoms with Crippen molar-refractivity contribution in [2.75, 3.05) is 6.61 Å². The predicted octanol–water partition coefficient (Wildman–Crippen LogP) is 4.68. The second-order valence-corrected chi connectivity index (χ2v) is 7.31. The number of hydrogen-bond donors (Lipinski definition) is 1. The summed E-state index contributed by atoms with van der Waals surface area (Å²) in [5.74, 6) is 2.46. The van der Waals surface area contributed by atoms with Crippen molar-refractivity contribution in [1.82, 2.24) is 19.7 Å². The molecule has 25 heavy (non-hydrogen) atoms. The molecule has 0 bridgehead atoms. The second kappa shape index (κ2) is 6.02. The standard InChI is InChI=1S/C19H24N4O2/c1-12-17-19(23(22-12)13-6-2-3-7-13)21-18(20-17)16-10-9-15(25-16)14-8-4-5-11-24-14/h9-10,13-14H,2-8,11H2,1H3,(H,20,21)/t14-/m0/s1. The molecule has 2 aliphatic rings. The van der Waals surface area contributed by atoms with E-state index in [-0.39, 0.29) is 6.10 Å². The maximum atomic E-state index is 6.06. The van der Waals surface area contributed by atoms with E-state index >= 15 is 0 Å². The molecule has 1 saturated carbocycles. The van der Waals surface area contributed by atoms with Crippen molar-refractivity contribution < 1.29 is 9.15 Å². The molecule has 0 amide bonds. The van der Waals surface area contributed by atoms with Crippen molar-refractivity contribution in [1.29, 1.82) is 0 Å². The average Bonchev–Trinajstić information content (AvgIpc) is 3.41. The second-order valence-electron chi connectivity index (χ2n) is 7.31. The van der Waals surface area contributed by atoms with E-state index in [4.69, 9.17) is 19.2 Å². The molecule has 1 aliphatic carbocycles. The average molecular weight is 340 g/mol. The van der Waals surface area contributed by atoms with E-state index in [0.29, 0.717) is 6.04 Å². The number of rotatable bonds is 3. The van der Waals surface area contributed by atoms with Gasteiger partial charge in [0.05, 0.1) is 11.7 Å². The van der Waals surface area contributed by atoms with E-state index in [9.17, 15) is 0 Å². The zero-order valence-electron chi connectivity index (χ0n) is 14.6. The first-order valence-corrected chi connectivity index (χ1v) is 9.46. The Kier molecular flexibility index (Phi) is 3.66. The smallest absolute Gasteiger partial charge is 0.177 e. The number of ether oxygens (including phenoxy) is 1. The third kappa shape index (κ3) is 2.59. The van der Waals surface area contributed by atoms with Gasteiger partial charge in [0, 0.05) is 6.61 Å². The summed E-state index contributed by atoms with van der Waals surface area (Å²) in [6.45, 7) is 2.86. The number of nitrogens with one attached hydrogen (secondary N) is 1. The summed E-state index contributed by atoms with van der Waals surface area (Å²) in [4.78, 5) is 8.23. The zero-order chi connectivity index (χ0) is 16.8. The third-order valence-corrected chi connectivity index (χ3v) is 5.55. The summed E-state index contributed by atoms with van der Waals surface area (Å²) < 4.78 is 14.0. The van der Waals surface area contributed by atoms with Crippen LogP contribution in [0.4, 0.5) is 0 Å². The fourth-order valence-corrected chi connectivity index (χ4v) is 4.18. The van der Waals surface area contributed by atoms with Gasteiger partial charge < -0.3 is 14.1 Å². The lowest BCUT2D eigenvalue weighted by Gasteiger charge is -2.20. The van der Waals surface area contributed by atoms with Gasteiger partial charge in [-0.15, -0.1) is 0 Å². The number of fused-ring (bicyclic) bond motifs is 1. The molecule has 2 fully saturated rings. The first-order valence-electron chi connectivity index (χ1n) is 9.46. The number of aromatic amines is 1. The minimum atomic E-state index is 0.0857. The molecule has 1 N–H and O–H groups in total. The number of furan rings is 1. The van der Waals surface area contributed by atoms with Crippen molar-refractivity contribution in [2.45, 2.75) is 64.0 Å². The molecule has 0 radical (unpaired) electrons. The van der Waals surface area contributed by atoms with E-state index < -0.39 is 0 Å². The van der Waals surface area contributed by atoms with Crippen LogP contribution in [0.15, 0.2) is 16.5 Å². The fourth-order valence-electron chi connectivity index (χ4n) is 4.18. The summed E-state index contributed by atoms with van der Waals surface area (Å²) in [5, 5.41) is 4.72. The molecule has 1 saturated heterocycles. The Morgan fingerprint density at radius 1 is 1.12 bits per heavy atom. The van der Waals surface area contributed by atoms with E-state index in [2.05, 4.69) is 9.67 Å². The number of imidazole rings is 1. The highest BCUT2D eigenvalue weighted by Crippen LogP contribution is 2.34. The van der Waals surface area contributed by atoms with Gasteiger partial charge in [-0.3, -0.25) is 0 Å². The SMILES string of the molecule is Cc1nn(C2CCCC2)c2nc(-c3ccc([C@@H]4CCCCO4)o3)[nH]c12. The molecule has 6 heteroatoms. The van der Waals surface area contributed by atoms with Crippen LogP contribution in [0.3, 0.4) is 0 Å². The number of aromatic nitrogens is 4. The monoisotopic (exact) mass is 340 g/mol. The van der Waals surface area contributed by atoms with Crippen LogP contribution in [0.1, 0.15) is 68.5 Å². The van der Waals surface area contributed by atoms with Crippen molar-refractivity contribution in [3.8, 4) is 11.6 Å². The van der Waals surface area contributed by atoms with Gasteiger partial charge in [-0.2, -0.15) is 5.10 Å². The van der Waals surface area contributed by atoms with E-state index in [1.165, 1.54) is 32.1 Å². The predicted molar refractivity (Wildman–Crippen MR) is 94.4 cm³/mol. The number of aryl methyl sites for hydroxylation is 1. The highest BCUT2D eigenvalue weighted by atomic mass is 16.5. The third-order valence-electron chi connectivity index (χ3n) is 5.55. The summed E-state index contributed by atoms with van der Waals surface area (Å²) >= 11 is 0. The Labute approximate surface area is 146 Å². The van der Waals surface area contributed by atoms with Crippen LogP contribution in [-0.2, 0) is 4.74 Å². The molecule has 132 valence electrons. The van der Waals surface area contributed by atoms with Gasteiger partial charge in [-0.1, -0.05) is 12.8 Å². The lowest BCUT2D eigenvalue weighted by Crippen LogP contribution is -2.10. The van der Waals surface area contributed by atoms with Crippen LogP contribution in [0.25, 0.3) is 22.7 Å². The van der Waals surface area contributed by atoms with E-state index in [1.54, 1.807) is 0 Å². The lowest BCUT2D eigenvalue weighted by atomic mass is 10.1. The maximum Gasteiger partial charge on any atom is 0.177 e. The van der Waals surface area contributed by atoms with Gasteiger partial charge in [0.15, 0.2) is 17.2 Å². The van der Waals surface area contributed by atoms with Crippen LogP contribution in [-0.4, -0.2) is 26.4 Å². The summed E-state index contributed by atoms with van der Waals surface area (Å²) in [5.41, 5.74) is 2.98. The van der Waals surface area contributed by atoms with Gasteiger partial charge in [-0.05, 0) is 51.2 Å². The zero-order valence-corrected chi connectivity index (χ0v) is 14.6. The molecule has 0 aromatic carbocycles. The highest BCUT2D eigenvalue weighted by Gasteiger charge is 2.25. The van der Waals surface area contributed by atoms with Gasteiger partial charge in [0.1, 0.15) is 17.4 Å². The first kappa shape index (κ1) is 15.2. The van der Waals surface area contributed by atoms with Crippen molar-refractivity contribution in [2.24, 2.45) is 0 Å². The van der Waals surface area contributed by atoms with Gasteiger partial charge in [-0.25, -0.2) is 9.67 Å². The molecule has 0 spiro atoms. The fraction of sp³-hybridized carbons (Fsp3) is 0.579. The molecule has 1 atom stereocenters. The quantitative estimate of drug-likeness (QED) is 0.751. The highest BCUT2D eigenvalue weighted by molar-refractivity contribution is 5.78. The van der Waals surface area contributed by atoms with Crippen LogP contribution < -0.4 is 0 Å². The molecule has 6 nitrogen and oxygen atoms in total. The van der Waals surface area contributed by atoms with E-state index in [1.807, 2.05) is 19.1 Å². The Morgan fingerprint density at radius 3 is 2.76 bits per heavy atom. The van der Waals surface area contributed by atoms with Crippen LogP contribution >= 0.6 is 0 Å². The van der Waals surface area contributed by atoms with Gasteiger partial charge in [0.25, 0.3) is 0 Å². The molecule has 5 rings (SSSR count). The minimum Gasteiger partial charge on any atom is -0.455 e. The normalized spacial score (nSPS) is 22.2. The molecular formula is C19H24N4O2. The van der Waals surface area contributed by atoms with Crippen molar-refractivity contribution >= 4 is 11.2 Å². The Hall–Kier alpha value is -2.08. The van der Waals surface area contributed by atoms with Crippen molar-refractivity contribution in [3.05, 3.63) is 23.6 Å². The number of H-pyrrole nitrogens is 1. The first-order chi connectivity index (χ1) is 12.3. The Bertz CT molecular complexity index is 879. The largest absolute Gasteiger partial charge is 0.455 e. The molecule has 0 unspecified atom stereocenters. The molecule has 4 heterocycles. The lowest BCUT2D eigenvalue weighted by molar-refractivity contribution is 0.00219. The molecule has 1 aliphatic heterocycles. The molecular weight excluding hydrogens is 316 g/mol. The minimum absolute atomic E-state index is 0.0857. The Morgan fingerprint density at radius 2 is 1.96 bits per heavy atom. The van der Waals surface area contributed by atoms with Gasteiger partial charge in [0.2, 0.25) is 0 Å². The van der Waals surface area contributed by atoms with Crippen LogP contribution in [0, 0.1) is 6.92 Å². The molecule has 3 aromatic rings. The number of hydrogen-bond acceptors (Lipinski definition) is 4. The number of nitrogens with zero attached hydrogens (tertiary/aromatic N) is 3. The van der Waals surface area contributed by atoms with E-state index in [0.717, 1.165) is 53.7 Å². The van der Waals surface area contributed by atoms with Crippen LogP contribution in [0.2, 0.25) is 0 Å². The summed E-state index contributed by atoms with van der Waals surface area (Å²) in [6, 6.07) is 4.50.